The van der Waals surface area contributed by atoms with Crippen LogP contribution in [-0.4, -0.2) is 9.91 Å². The molecule has 0 saturated heterocycles. The molecule has 1 aromatic carbocycles. The van der Waals surface area contributed by atoms with E-state index in [9.17, 15) is 10.1 Å². The molecular formula is C11H6ClN2O2. The SMILES string of the molecule is O=[N+]([O-])c1cc[c]c(-c2cncc(Cl)c2)c1. The van der Waals surface area contributed by atoms with Gasteiger partial charge in [0.1, 0.15) is 0 Å². The fraction of sp³-hybridized carbons (Fsp3) is 0. The second-order valence-corrected chi connectivity index (χ2v) is 3.55. The van der Waals surface area contributed by atoms with Crippen LogP contribution < -0.4 is 0 Å². The van der Waals surface area contributed by atoms with Gasteiger partial charge in [0.25, 0.3) is 5.69 Å². The van der Waals surface area contributed by atoms with Crippen molar-refractivity contribution in [2.24, 2.45) is 0 Å². The van der Waals surface area contributed by atoms with Gasteiger partial charge >= 0.3 is 0 Å². The van der Waals surface area contributed by atoms with Gasteiger partial charge in [0.05, 0.1) is 9.95 Å². The molecule has 0 saturated carbocycles. The van der Waals surface area contributed by atoms with Gasteiger partial charge in [-0.15, -0.1) is 0 Å². The summed E-state index contributed by atoms with van der Waals surface area (Å²) in [6, 6.07) is 8.93. The van der Waals surface area contributed by atoms with E-state index < -0.39 is 4.92 Å². The number of nitro benzene ring substituents is 1. The predicted molar refractivity (Wildman–Crippen MR) is 60.2 cm³/mol. The molecule has 79 valence electrons. The number of nitrogens with zero attached hydrogens (tertiary/aromatic N) is 2. The third kappa shape index (κ3) is 2.17. The standard InChI is InChI=1S/C11H6ClN2O2/c12-10-4-9(6-13-7-10)8-2-1-3-11(5-8)14(15)16/h1,3-7H. The molecule has 0 unspecified atom stereocenters. The number of aromatic nitrogens is 1. The smallest absolute Gasteiger partial charge is 0.263 e. The quantitative estimate of drug-likeness (QED) is 0.592. The molecule has 0 N–H and O–H groups in total. The summed E-state index contributed by atoms with van der Waals surface area (Å²) in [4.78, 5) is 14.1. The minimum Gasteiger partial charge on any atom is -0.263 e. The fourth-order valence-electron chi connectivity index (χ4n) is 1.29. The Morgan fingerprint density at radius 2 is 2.19 bits per heavy atom. The second kappa shape index (κ2) is 4.28. The number of hydrogen-bond acceptors (Lipinski definition) is 3. The van der Waals surface area contributed by atoms with Crippen LogP contribution in [0.5, 0.6) is 0 Å². The van der Waals surface area contributed by atoms with E-state index in [1.807, 2.05) is 0 Å². The van der Waals surface area contributed by atoms with E-state index in [1.165, 1.54) is 24.4 Å². The normalized spacial score (nSPS) is 10.1. The number of pyridine rings is 1. The average molecular weight is 234 g/mol. The van der Waals surface area contributed by atoms with Crippen molar-refractivity contribution in [1.82, 2.24) is 4.98 Å². The predicted octanol–water partition coefficient (Wildman–Crippen LogP) is 3.11. The van der Waals surface area contributed by atoms with Crippen LogP contribution in [0.2, 0.25) is 5.02 Å². The summed E-state index contributed by atoms with van der Waals surface area (Å²) in [5.74, 6) is 0. The molecule has 0 aliphatic carbocycles. The van der Waals surface area contributed by atoms with Crippen LogP contribution in [0.25, 0.3) is 11.1 Å². The Bertz CT molecular complexity index is 543. The van der Waals surface area contributed by atoms with E-state index in [1.54, 1.807) is 12.3 Å². The molecule has 5 heteroatoms. The fourth-order valence-corrected chi connectivity index (χ4v) is 1.47. The minimum atomic E-state index is -0.449. The maximum Gasteiger partial charge on any atom is 0.270 e. The lowest BCUT2D eigenvalue weighted by molar-refractivity contribution is -0.384. The van der Waals surface area contributed by atoms with Gasteiger partial charge < -0.3 is 0 Å². The number of halogens is 1. The van der Waals surface area contributed by atoms with E-state index in [2.05, 4.69) is 11.1 Å². The van der Waals surface area contributed by atoms with Crippen LogP contribution in [-0.2, 0) is 0 Å². The lowest BCUT2D eigenvalue weighted by Crippen LogP contribution is -1.88. The Morgan fingerprint density at radius 3 is 2.88 bits per heavy atom. The summed E-state index contributed by atoms with van der Waals surface area (Å²) in [5.41, 5.74) is 1.33. The first kappa shape index (κ1) is 10.6. The van der Waals surface area contributed by atoms with Crippen LogP contribution in [0, 0.1) is 16.2 Å². The Kier molecular flexibility index (Phi) is 2.83. The summed E-state index contributed by atoms with van der Waals surface area (Å²) in [7, 11) is 0. The summed E-state index contributed by atoms with van der Waals surface area (Å²) >= 11 is 5.79. The molecular weight excluding hydrogens is 228 g/mol. The Labute approximate surface area is 96.7 Å². The van der Waals surface area contributed by atoms with E-state index in [4.69, 9.17) is 11.6 Å². The molecule has 2 rings (SSSR count). The van der Waals surface area contributed by atoms with Crippen LogP contribution in [0.1, 0.15) is 0 Å². The number of benzene rings is 1. The van der Waals surface area contributed by atoms with Gasteiger partial charge in [0.15, 0.2) is 0 Å². The third-order valence-corrected chi connectivity index (χ3v) is 2.22. The Balaban J connectivity index is 2.48. The molecule has 0 spiro atoms. The van der Waals surface area contributed by atoms with Crippen molar-refractivity contribution < 1.29 is 4.92 Å². The zero-order valence-electron chi connectivity index (χ0n) is 8.05. The lowest BCUT2D eigenvalue weighted by Gasteiger charge is -2.00. The summed E-state index contributed by atoms with van der Waals surface area (Å²) < 4.78 is 0. The lowest BCUT2D eigenvalue weighted by atomic mass is 10.1. The van der Waals surface area contributed by atoms with Crippen molar-refractivity contribution in [2.75, 3.05) is 0 Å². The maximum atomic E-state index is 10.6. The van der Waals surface area contributed by atoms with Gasteiger partial charge in [-0.2, -0.15) is 0 Å². The zero-order chi connectivity index (χ0) is 11.5. The molecule has 0 atom stereocenters. The van der Waals surface area contributed by atoms with Crippen molar-refractivity contribution in [1.29, 1.82) is 0 Å². The molecule has 1 aromatic heterocycles. The molecule has 0 bridgehead atoms. The summed E-state index contributed by atoms with van der Waals surface area (Å²) in [6.07, 6.45) is 3.09. The number of rotatable bonds is 2. The average Bonchev–Trinajstić information content (AvgIpc) is 2.29. The van der Waals surface area contributed by atoms with Crippen LogP contribution in [0.3, 0.4) is 0 Å². The van der Waals surface area contributed by atoms with Gasteiger partial charge in [-0.05, 0) is 23.8 Å². The van der Waals surface area contributed by atoms with Crippen molar-refractivity contribution in [3.05, 3.63) is 57.9 Å². The van der Waals surface area contributed by atoms with E-state index in [0.717, 1.165) is 0 Å². The number of nitro groups is 1. The molecule has 0 amide bonds. The largest absolute Gasteiger partial charge is 0.270 e. The Hall–Kier alpha value is -1.94. The number of non-ortho nitro benzene ring substituents is 1. The molecule has 16 heavy (non-hydrogen) atoms. The minimum absolute atomic E-state index is 0.0220. The first-order valence-corrected chi connectivity index (χ1v) is 4.81. The van der Waals surface area contributed by atoms with E-state index in [-0.39, 0.29) is 5.69 Å². The molecule has 0 fully saturated rings. The van der Waals surface area contributed by atoms with Gasteiger partial charge in [-0.3, -0.25) is 15.1 Å². The van der Waals surface area contributed by atoms with Gasteiger partial charge in [0, 0.05) is 30.1 Å². The highest BCUT2D eigenvalue weighted by Gasteiger charge is 2.07. The van der Waals surface area contributed by atoms with E-state index in [0.29, 0.717) is 16.1 Å². The zero-order valence-corrected chi connectivity index (χ0v) is 8.81. The molecule has 4 nitrogen and oxygen atoms in total. The monoisotopic (exact) mass is 233 g/mol. The first-order valence-electron chi connectivity index (χ1n) is 4.44. The highest BCUT2D eigenvalue weighted by Crippen LogP contribution is 2.24. The molecule has 0 aliphatic heterocycles. The van der Waals surface area contributed by atoms with Crippen LogP contribution in [0.15, 0.2) is 36.7 Å². The molecule has 0 aliphatic rings. The molecule has 2 aromatic rings. The second-order valence-electron chi connectivity index (χ2n) is 3.11. The van der Waals surface area contributed by atoms with E-state index >= 15 is 0 Å². The van der Waals surface area contributed by atoms with Gasteiger partial charge in [-0.1, -0.05) is 11.6 Å². The third-order valence-electron chi connectivity index (χ3n) is 2.01. The van der Waals surface area contributed by atoms with Crippen molar-refractivity contribution in [2.45, 2.75) is 0 Å². The molecule has 1 radical (unpaired) electrons. The van der Waals surface area contributed by atoms with Gasteiger partial charge in [0.2, 0.25) is 0 Å². The maximum absolute atomic E-state index is 10.6. The first-order chi connectivity index (χ1) is 7.66. The topological polar surface area (TPSA) is 56.0 Å². The highest BCUT2D eigenvalue weighted by atomic mass is 35.5. The highest BCUT2D eigenvalue weighted by molar-refractivity contribution is 6.30. The number of hydrogen-bond donors (Lipinski definition) is 0. The van der Waals surface area contributed by atoms with Crippen molar-refractivity contribution >= 4 is 17.3 Å². The summed E-state index contributed by atoms with van der Waals surface area (Å²) in [6.45, 7) is 0. The van der Waals surface area contributed by atoms with Crippen LogP contribution >= 0.6 is 11.6 Å². The van der Waals surface area contributed by atoms with Crippen molar-refractivity contribution in [3.8, 4) is 11.1 Å². The van der Waals surface area contributed by atoms with Crippen molar-refractivity contribution in [3.63, 3.8) is 0 Å². The van der Waals surface area contributed by atoms with Crippen LogP contribution in [0.4, 0.5) is 5.69 Å². The molecule has 1 heterocycles. The summed E-state index contributed by atoms with van der Waals surface area (Å²) in [5, 5.41) is 11.1. The van der Waals surface area contributed by atoms with Gasteiger partial charge in [-0.25, -0.2) is 0 Å². The Morgan fingerprint density at radius 1 is 1.38 bits per heavy atom.